The van der Waals surface area contributed by atoms with Crippen LogP contribution in [0.25, 0.3) is 11.3 Å². The third kappa shape index (κ3) is 4.09. The zero-order chi connectivity index (χ0) is 19.6. The van der Waals surface area contributed by atoms with Gasteiger partial charge in [-0.05, 0) is 50.6 Å². The van der Waals surface area contributed by atoms with Gasteiger partial charge in [0.1, 0.15) is 6.29 Å². The molecule has 0 aliphatic rings. The molecule has 1 N–H and O–H groups in total. The summed E-state index contributed by atoms with van der Waals surface area (Å²) in [4.78, 5) is 23.6. The molecule has 0 aliphatic carbocycles. The van der Waals surface area contributed by atoms with Crippen molar-refractivity contribution < 1.29 is 9.59 Å². The molecule has 0 radical (unpaired) electrons. The summed E-state index contributed by atoms with van der Waals surface area (Å²) in [5.41, 5.74) is 2.70. The van der Waals surface area contributed by atoms with E-state index in [1.54, 1.807) is 18.2 Å². The fourth-order valence-corrected chi connectivity index (χ4v) is 2.95. The average Bonchev–Trinajstić information content (AvgIpc) is 3.10. The van der Waals surface area contributed by atoms with Gasteiger partial charge in [-0.25, -0.2) is 0 Å². The predicted molar refractivity (Wildman–Crippen MR) is 107 cm³/mol. The molecule has 0 saturated heterocycles. The zero-order valence-corrected chi connectivity index (χ0v) is 16.1. The SMILES string of the molecule is CC(C)(C)n1nc(C(=O)Nc2ccc(C=O)cc2Cl)cc1-c1ccccc1. The smallest absolute Gasteiger partial charge is 0.276 e. The van der Waals surface area contributed by atoms with Gasteiger partial charge in [0.25, 0.3) is 5.91 Å². The number of aromatic nitrogens is 2. The molecule has 0 saturated carbocycles. The van der Waals surface area contributed by atoms with E-state index in [1.165, 1.54) is 6.07 Å². The molecule has 0 bridgehead atoms. The van der Waals surface area contributed by atoms with E-state index >= 15 is 0 Å². The van der Waals surface area contributed by atoms with Crippen LogP contribution >= 0.6 is 11.6 Å². The molecule has 5 nitrogen and oxygen atoms in total. The molecule has 0 aliphatic heterocycles. The normalized spacial score (nSPS) is 11.3. The van der Waals surface area contributed by atoms with Gasteiger partial charge < -0.3 is 5.32 Å². The molecule has 3 rings (SSSR count). The van der Waals surface area contributed by atoms with E-state index in [9.17, 15) is 9.59 Å². The summed E-state index contributed by atoms with van der Waals surface area (Å²) in [7, 11) is 0. The van der Waals surface area contributed by atoms with Crippen LogP contribution in [0.1, 0.15) is 41.6 Å². The molecule has 2 aromatic carbocycles. The van der Waals surface area contributed by atoms with Crippen LogP contribution in [0, 0.1) is 0 Å². The lowest BCUT2D eigenvalue weighted by Crippen LogP contribution is -2.25. The summed E-state index contributed by atoms with van der Waals surface area (Å²) < 4.78 is 1.84. The number of nitrogens with zero attached hydrogens (tertiary/aromatic N) is 2. The monoisotopic (exact) mass is 381 g/mol. The van der Waals surface area contributed by atoms with Crippen LogP contribution in [0.15, 0.2) is 54.6 Å². The van der Waals surface area contributed by atoms with Crippen molar-refractivity contribution in [2.24, 2.45) is 0 Å². The second-order valence-corrected chi connectivity index (χ2v) is 7.58. The highest BCUT2D eigenvalue weighted by Crippen LogP contribution is 2.28. The number of carbonyl (C=O) groups excluding carboxylic acids is 2. The largest absolute Gasteiger partial charge is 0.319 e. The molecular formula is C21H20ClN3O2. The van der Waals surface area contributed by atoms with Crippen molar-refractivity contribution in [2.75, 3.05) is 5.32 Å². The highest BCUT2D eigenvalue weighted by molar-refractivity contribution is 6.34. The summed E-state index contributed by atoms with van der Waals surface area (Å²) in [6.45, 7) is 6.09. The quantitative estimate of drug-likeness (QED) is 0.645. The van der Waals surface area contributed by atoms with Crippen LogP contribution in [0.3, 0.4) is 0 Å². The Hall–Kier alpha value is -2.92. The highest BCUT2D eigenvalue weighted by atomic mass is 35.5. The number of hydrogen-bond acceptors (Lipinski definition) is 3. The molecular weight excluding hydrogens is 362 g/mol. The maximum absolute atomic E-state index is 12.7. The Morgan fingerprint density at radius 2 is 1.81 bits per heavy atom. The number of nitrogens with one attached hydrogen (secondary N) is 1. The van der Waals surface area contributed by atoms with Gasteiger partial charge in [0.2, 0.25) is 0 Å². The van der Waals surface area contributed by atoms with E-state index < -0.39 is 0 Å². The van der Waals surface area contributed by atoms with Crippen LogP contribution in [0.5, 0.6) is 0 Å². The van der Waals surface area contributed by atoms with E-state index in [4.69, 9.17) is 11.6 Å². The number of benzene rings is 2. The molecule has 27 heavy (non-hydrogen) atoms. The van der Waals surface area contributed by atoms with Crippen molar-refractivity contribution in [3.8, 4) is 11.3 Å². The molecule has 0 unspecified atom stereocenters. The number of halogens is 1. The maximum atomic E-state index is 12.7. The summed E-state index contributed by atoms with van der Waals surface area (Å²) in [5.74, 6) is -0.365. The highest BCUT2D eigenvalue weighted by Gasteiger charge is 2.23. The van der Waals surface area contributed by atoms with Crippen molar-refractivity contribution in [2.45, 2.75) is 26.3 Å². The number of rotatable bonds is 4. The second-order valence-electron chi connectivity index (χ2n) is 7.17. The van der Waals surface area contributed by atoms with Gasteiger partial charge in [0.05, 0.1) is 21.9 Å². The summed E-state index contributed by atoms with van der Waals surface area (Å²) in [6.07, 6.45) is 0.703. The van der Waals surface area contributed by atoms with Crippen molar-refractivity contribution in [1.29, 1.82) is 0 Å². The molecule has 138 valence electrons. The number of amides is 1. The molecule has 1 heterocycles. The van der Waals surface area contributed by atoms with Gasteiger partial charge in [0, 0.05) is 5.56 Å². The lowest BCUT2D eigenvalue weighted by atomic mass is 10.1. The van der Waals surface area contributed by atoms with Crippen LogP contribution in [0.2, 0.25) is 5.02 Å². The predicted octanol–water partition coefficient (Wildman–Crippen LogP) is 5.02. The Morgan fingerprint density at radius 1 is 1.11 bits per heavy atom. The van der Waals surface area contributed by atoms with E-state index in [0.717, 1.165) is 11.3 Å². The number of hydrogen-bond donors (Lipinski definition) is 1. The number of anilines is 1. The molecule has 3 aromatic rings. The lowest BCUT2D eigenvalue weighted by molar-refractivity contribution is 0.102. The maximum Gasteiger partial charge on any atom is 0.276 e. The summed E-state index contributed by atoms with van der Waals surface area (Å²) in [6, 6.07) is 16.3. The van der Waals surface area contributed by atoms with E-state index in [2.05, 4.69) is 10.4 Å². The Bertz CT molecular complexity index is 988. The molecule has 0 spiro atoms. The zero-order valence-electron chi connectivity index (χ0n) is 15.4. The van der Waals surface area contributed by atoms with Gasteiger partial charge in [0.15, 0.2) is 5.69 Å². The lowest BCUT2D eigenvalue weighted by Gasteiger charge is -2.22. The van der Waals surface area contributed by atoms with Crippen molar-refractivity contribution in [3.63, 3.8) is 0 Å². The molecule has 6 heteroatoms. The van der Waals surface area contributed by atoms with Gasteiger partial charge in [-0.1, -0.05) is 41.9 Å². The first-order chi connectivity index (χ1) is 12.8. The minimum Gasteiger partial charge on any atom is -0.319 e. The molecule has 0 fully saturated rings. The average molecular weight is 382 g/mol. The fraction of sp³-hybridized carbons (Fsp3) is 0.190. The van der Waals surface area contributed by atoms with Gasteiger partial charge in [-0.3, -0.25) is 14.3 Å². The van der Waals surface area contributed by atoms with Crippen molar-refractivity contribution in [3.05, 3.63) is 70.9 Å². The van der Waals surface area contributed by atoms with Crippen molar-refractivity contribution >= 4 is 29.5 Å². The van der Waals surface area contributed by atoms with E-state index in [0.29, 0.717) is 28.3 Å². The van der Waals surface area contributed by atoms with Gasteiger partial charge >= 0.3 is 0 Å². The number of aldehydes is 1. The van der Waals surface area contributed by atoms with Gasteiger partial charge in [-0.2, -0.15) is 5.10 Å². The van der Waals surface area contributed by atoms with Crippen LogP contribution in [0.4, 0.5) is 5.69 Å². The Morgan fingerprint density at radius 3 is 2.41 bits per heavy atom. The first kappa shape index (κ1) is 18.9. The second kappa shape index (κ2) is 7.37. The van der Waals surface area contributed by atoms with Crippen LogP contribution in [-0.2, 0) is 5.54 Å². The fourth-order valence-electron chi connectivity index (χ4n) is 2.71. The van der Waals surface area contributed by atoms with Crippen LogP contribution in [-0.4, -0.2) is 22.0 Å². The van der Waals surface area contributed by atoms with E-state index in [-0.39, 0.29) is 11.4 Å². The topological polar surface area (TPSA) is 64.0 Å². The Balaban J connectivity index is 1.96. The minimum atomic E-state index is -0.365. The molecule has 1 amide bonds. The Kier molecular flexibility index (Phi) is 5.15. The number of carbonyl (C=O) groups is 2. The van der Waals surface area contributed by atoms with Crippen LogP contribution < -0.4 is 5.32 Å². The standard InChI is InChI=1S/C21H20ClN3O2/c1-21(2,3)25-19(15-7-5-4-6-8-15)12-18(24-25)20(27)23-17-10-9-14(13-26)11-16(17)22/h4-13H,1-3H3,(H,23,27). The molecule has 1 aromatic heterocycles. The van der Waals surface area contributed by atoms with Crippen molar-refractivity contribution in [1.82, 2.24) is 9.78 Å². The first-order valence-electron chi connectivity index (χ1n) is 8.51. The van der Waals surface area contributed by atoms with E-state index in [1.807, 2.05) is 55.8 Å². The summed E-state index contributed by atoms with van der Waals surface area (Å²) >= 11 is 6.15. The Labute approximate surface area is 163 Å². The minimum absolute atomic E-state index is 0.291. The third-order valence-corrected chi connectivity index (χ3v) is 4.34. The van der Waals surface area contributed by atoms with Gasteiger partial charge in [-0.15, -0.1) is 0 Å². The molecule has 0 atom stereocenters. The summed E-state index contributed by atoms with van der Waals surface area (Å²) in [5, 5.41) is 7.58. The third-order valence-electron chi connectivity index (χ3n) is 4.02. The first-order valence-corrected chi connectivity index (χ1v) is 8.89.